The minimum Gasteiger partial charge on any atom is -0.493 e. The Hall–Kier alpha value is -2.83. The van der Waals surface area contributed by atoms with E-state index in [0.29, 0.717) is 33.2 Å². The molecule has 0 fully saturated rings. The molecule has 0 saturated carbocycles. The van der Waals surface area contributed by atoms with Gasteiger partial charge in [0, 0.05) is 9.50 Å². The number of rotatable bonds is 7. The van der Waals surface area contributed by atoms with E-state index in [4.69, 9.17) is 21.1 Å². The van der Waals surface area contributed by atoms with Crippen molar-refractivity contribution in [1.82, 2.24) is 5.43 Å². The van der Waals surface area contributed by atoms with Gasteiger partial charge in [-0.15, -0.1) is 0 Å². The van der Waals surface area contributed by atoms with E-state index in [9.17, 15) is 4.79 Å². The van der Waals surface area contributed by atoms with Crippen LogP contribution in [0.2, 0.25) is 5.02 Å². The molecule has 0 aliphatic carbocycles. The van der Waals surface area contributed by atoms with Crippen molar-refractivity contribution in [3.8, 4) is 11.5 Å². The summed E-state index contributed by atoms with van der Waals surface area (Å²) in [5.74, 6) is 0.875. The number of nitrogens with one attached hydrogen (secondary N) is 1. The van der Waals surface area contributed by atoms with E-state index < -0.39 is 0 Å². The summed E-state index contributed by atoms with van der Waals surface area (Å²) in [6.07, 6.45) is 1.54. The molecule has 0 aliphatic rings. The number of halogens is 2. The van der Waals surface area contributed by atoms with Gasteiger partial charge in [0.25, 0.3) is 5.91 Å². The third-order valence-corrected chi connectivity index (χ3v) is 4.94. The molecule has 0 radical (unpaired) electrons. The number of methoxy groups -OCH3 is 1. The van der Waals surface area contributed by atoms with Crippen LogP contribution in [0.25, 0.3) is 0 Å². The van der Waals surface area contributed by atoms with Crippen LogP contribution in [0.5, 0.6) is 11.5 Å². The third kappa shape index (κ3) is 5.82. The minimum atomic E-state index is -0.302. The largest absolute Gasteiger partial charge is 0.493 e. The highest BCUT2D eigenvalue weighted by atomic mass is 79.9. The molecule has 3 aromatic rings. The van der Waals surface area contributed by atoms with Gasteiger partial charge in [0.05, 0.1) is 18.9 Å². The van der Waals surface area contributed by atoms with Crippen molar-refractivity contribution in [3.05, 3.63) is 92.9 Å². The Labute approximate surface area is 182 Å². The quantitative estimate of drug-likeness (QED) is 0.366. The number of hydrazone groups is 1. The van der Waals surface area contributed by atoms with E-state index in [1.807, 2.05) is 36.4 Å². The number of hydrogen-bond acceptors (Lipinski definition) is 4. The van der Waals surface area contributed by atoms with Crippen LogP contribution in [0, 0.1) is 0 Å². The first-order valence-corrected chi connectivity index (χ1v) is 9.87. The molecule has 29 heavy (non-hydrogen) atoms. The van der Waals surface area contributed by atoms with Crippen LogP contribution in [-0.4, -0.2) is 19.2 Å². The van der Waals surface area contributed by atoms with Crippen LogP contribution in [0.1, 0.15) is 21.5 Å². The molecule has 0 saturated heterocycles. The summed E-state index contributed by atoms with van der Waals surface area (Å²) in [5.41, 5.74) is 4.77. The molecule has 3 rings (SSSR count). The highest BCUT2D eigenvalue weighted by Crippen LogP contribution is 2.28. The van der Waals surface area contributed by atoms with Crippen LogP contribution in [0.15, 0.2) is 76.3 Å². The van der Waals surface area contributed by atoms with Gasteiger partial charge in [0.2, 0.25) is 0 Å². The van der Waals surface area contributed by atoms with Crippen molar-refractivity contribution in [3.63, 3.8) is 0 Å². The number of carbonyl (C=O) groups is 1. The van der Waals surface area contributed by atoms with Crippen molar-refractivity contribution < 1.29 is 14.3 Å². The van der Waals surface area contributed by atoms with Gasteiger partial charge in [0.1, 0.15) is 6.61 Å². The number of benzene rings is 3. The molecule has 3 aromatic carbocycles. The maximum absolute atomic E-state index is 12.2. The van der Waals surface area contributed by atoms with Gasteiger partial charge in [0.15, 0.2) is 11.5 Å². The van der Waals surface area contributed by atoms with Crippen LogP contribution >= 0.6 is 27.5 Å². The molecule has 0 bridgehead atoms. The van der Waals surface area contributed by atoms with Crippen LogP contribution in [0.4, 0.5) is 0 Å². The Kier molecular flexibility index (Phi) is 7.27. The first kappa shape index (κ1) is 20.9. The summed E-state index contributed by atoms with van der Waals surface area (Å²) < 4.78 is 11.9. The molecular formula is C22H18BrClN2O3. The summed E-state index contributed by atoms with van der Waals surface area (Å²) in [5, 5.41) is 4.69. The molecule has 1 N–H and O–H groups in total. The third-order valence-electron chi connectivity index (χ3n) is 3.99. The van der Waals surface area contributed by atoms with E-state index in [2.05, 4.69) is 26.5 Å². The number of amides is 1. The Morgan fingerprint density at radius 2 is 1.86 bits per heavy atom. The highest BCUT2D eigenvalue weighted by molar-refractivity contribution is 9.10. The summed E-state index contributed by atoms with van der Waals surface area (Å²) in [6.45, 7) is 0.392. The summed E-state index contributed by atoms with van der Waals surface area (Å²) in [7, 11) is 1.57. The lowest BCUT2D eigenvalue weighted by Crippen LogP contribution is -2.18. The Morgan fingerprint density at radius 1 is 1.10 bits per heavy atom. The second-order valence-electron chi connectivity index (χ2n) is 6.00. The first-order chi connectivity index (χ1) is 14.1. The first-order valence-electron chi connectivity index (χ1n) is 8.70. The van der Waals surface area contributed by atoms with Gasteiger partial charge in [-0.1, -0.05) is 35.9 Å². The van der Waals surface area contributed by atoms with Gasteiger partial charge in [-0.2, -0.15) is 5.10 Å². The Morgan fingerprint density at radius 3 is 2.59 bits per heavy atom. The molecule has 0 unspecified atom stereocenters. The molecule has 0 aliphatic heterocycles. The van der Waals surface area contributed by atoms with Crippen LogP contribution in [-0.2, 0) is 6.61 Å². The molecule has 0 aromatic heterocycles. The average Bonchev–Trinajstić information content (AvgIpc) is 2.74. The topological polar surface area (TPSA) is 59.9 Å². The molecule has 148 valence electrons. The number of ether oxygens (including phenoxy) is 2. The Balaban J connectivity index is 1.63. The second kappa shape index (κ2) is 10.1. The van der Waals surface area contributed by atoms with Gasteiger partial charge in [-0.25, -0.2) is 5.43 Å². The Bertz CT molecular complexity index is 1020. The maximum atomic E-state index is 12.2. The minimum absolute atomic E-state index is 0.302. The van der Waals surface area contributed by atoms with Crippen LogP contribution in [0.3, 0.4) is 0 Å². The number of hydrogen-bond donors (Lipinski definition) is 1. The second-order valence-corrected chi connectivity index (χ2v) is 7.30. The van der Waals surface area contributed by atoms with Crippen molar-refractivity contribution in [1.29, 1.82) is 0 Å². The predicted octanol–water partition coefficient (Wildman–Crippen LogP) is 5.45. The number of nitrogens with zero attached hydrogens (tertiary/aromatic N) is 1. The van der Waals surface area contributed by atoms with E-state index in [1.165, 1.54) is 0 Å². The fourth-order valence-corrected chi connectivity index (χ4v) is 3.09. The van der Waals surface area contributed by atoms with Gasteiger partial charge in [-0.3, -0.25) is 4.79 Å². The zero-order valence-corrected chi connectivity index (χ0v) is 17.9. The lowest BCUT2D eigenvalue weighted by molar-refractivity contribution is 0.0954. The lowest BCUT2D eigenvalue weighted by atomic mass is 10.2. The molecule has 7 heteroatoms. The maximum Gasteiger partial charge on any atom is 0.272 e. The fraction of sp³-hybridized carbons (Fsp3) is 0.0909. The lowest BCUT2D eigenvalue weighted by Gasteiger charge is -2.11. The van der Waals surface area contributed by atoms with Crippen LogP contribution < -0.4 is 14.9 Å². The van der Waals surface area contributed by atoms with Gasteiger partial charge >= 0.3 is 0 Å². The van der Waals surface area contributed by atoms with E-state index in [0.717, 1.165) is 11.1 Å². The fourth-order valence-electron chi connectivity index (χ4n) is 2.50. The monoisotopic (exact) mass is 472 g/mol. The summed E-state index contributed by atoms with van der Waals surface area (Å²) in [6, 6.07) is 20.0. The zero-order valence-electron chi connectivity index (χ0n) is 15.6. The number of carbonyl (C=O) groups excluding carboxylic acids is 1. The molecule has 5 nitrogen and oxygen atoms in total. The zero-order chi connectivity index (χ0) is 20.6. The molecule has 0 spiro atoms. The van der Waals surface area contributed by atoms with Crippen molar-refractivity contribution >= 4 is 39.7 Å². The standard InChI is InChI=1S/C22H18BrClN2O3/c1-28-21-12-16(13-25-26-22(27)18-4-2-3-5-19(18)23)8-11-20(21)29-14-15-6-9-17(24)10-7-15/h2-13H,14H2,1H3,(H,26,27). The SMILES string of the molecule is COc1cc(C=NNC(=O)c2ccccc2Br)ccc1OCc1ccc(Cl)cc1. The van der Waals surface area contributed by atoms with Gasteiger partial charge in [-0.05, 0) is 69.5 Å². The molecule has 1 amide bonds. The average molecular weight is 474 g/mol. The highest BCUT2D eigenvalue weighted by Gasteiger charge is 2.08. The molecule has 0 atom stereocenters. The normalized spacial score (nSPS) is 10.7. The van der Waals surface area contributed by atoms with Crippen molar-refractivity contribution in [2.45, 2.75) is 6.61 Å². The smallest absolute Gasteiger partial charge is 0.272 e. The summed E-state index contributed by atoms with van der Waals surface area (Å²) >= 11 is 9.24. The van der Waals surface area contributed by atoms with E-state index in [-0.39, 0.29) is 5.91 Å². The molecule has 0 heterocycles. The molecular weight excluding hydrogens is 456 g/mol. The van der Waals surface area contributed by atoms with Crippen molar-refractivity contribution in [2.24, 2.45) is 5.10 Å². The van der Waals surface area contributed by atoms with E-state index in [1.54, 1.807) is 43.7 Å². The van der Waals surface area contributed by atoms with Crippen molar-refractivity contribution in [2.75, 3.05) is 7.11 Å². The predicted molar refractivity (Wildman–Crippen MR) is 118 cm³/mol. The summed E-state index contributed by atoms with van der Waals surface area (Å²) in [4.78, 5) is 12.2. The van der Waals surface area contributed by atoms with Gasteiger partial charge < -0.3 is 9.47 Å². The van der Waals surface area contributed by atoms with E-state index >= 15 is 0 Å².